The van der Waals surface area contributed by atoms with Gasteiger partial charge in [-0.25, -0.2) is 4.39 Å². The maximum atomic E-state index is 13.0. The Kier molecular flexibility index (Phi) is 3.91. The zero-order valence-electron chi connectivity index (χ0n) is 12.2. The van der Waals surface area contributed by atoms with Crippen molar-refractivity contribution in [3.8, 4) is 12.1 Å². The molecule has 0 radical (unpaired) electrons. The van der Waals surface area contributed by atoms with Gasteiger partial charge in [-0.3, -0.25) is 0 Å². The van der Waals surface area contributed by atoms with Crippen LogP contribution in [0.4, 0.5) is 4.39 Å². The summed E-state index contributed by atoms with van der Waals surface area (Å²) in [6.45, 7) is 0.625. The van der Waals surface area contributed by atoms with E-state index in [1.165, 1.54) is 12.1 Å². The molecule has 110 valence electrons. The Bertz CT molecular complexity index is 951. The summed E-state index contributed by atoms with van der Waals surface area (Å²) in [5.41, 5.74) is 2.87. The van der Waals surface area contributed by atoms with Crippen molar-refractivity contribution in [3.05, 3.63) is 77.2 Å². The fourth-order valence-corrected chi connectivity index (χ4v) is 2.47. The molecule has 3 aromatic rings. The standard InChI is InChI=1S/C19H12FN3/c20-18-5-2-14(3-6-18)13-23-8-7-17-4-1-15(10-19(17)23)9-16(11-21)12-22/h1-10H,13H2. The number of rotatable bonds is 3. The second kappa shape index (κ2) is 6.17. The molecule has 3 rings (SSSR count). The Hall–Kier alpha value is -3.37. The van der Waals surface area contributed by atoms with Gasteiger partial charge in [0.05, 0.1) is 0 Å². The first kappa shape index (κ1) is 14.6. The van der Waals surface area contributed by atoms with Crippen LogP contribution in [-0.4, -0.2) is 4.57 Å². The number of halogens is 1. The lowest BCUT2D eigenvalue weighted by molar-refractivity contribution is 0.626. The zero-order chi connectivity index (χ0) is 16.2. The highest BCUT2D eigenvalue weighted by Gasteiger charge is 2.04. The quantitative estimate of drug-likeness (QED) is 0.679. The Morgan fingerprint density at radius 3 is 2.48 bits per heavy atom. The van der Waals surface area contributed by atoms with Crippen molar-refractivity contribution in [3.63, 3.8) is 0 Å². The minimum absolute atomic E-state index is 0.0704. The highest BCUT2D eigenvalue weighted by atomic mass is 19.1. The second-order valence-electron chi connectivity index (χ2n) is 5.17. The van der Waals surface area contributed by atoms with Crippen LogP contribution >= 0.6 is 0 Å². The molecule has 0 bridgehead atoms. The van der Waals surface area contributed by atoms with Gasteiger partial charge in [0.15, 0.2) is 0 Å². The molecule has 0 unspecified atom stereocenters. The van der Waals surface area contributed by atoms with Gasteiger partial charge in [0.25, 0.3) is 0 Å². The highest BCUT2D eigenvalue weighted by molar-refractivity contribution is 5.83. The first-order chi connectivity index (χ1) is 11.2. The fourth-order valence-electron chi connectivity index (χ4n) is 2.47. The van der Waals surface area contributed by atoms with Crippen molar-refractivity contribution in [1.29, 1.82) is 10.5 Å². The number of hydrogen-bond donors (Lipinski definition) is 0. The van der Waals surface area contributed by atoms with E-state index < -0.39 is 0 Å². The van der Waals surface area contributed by atoms with Crippen LogP contribution in [0.3, 0.4) is 0 Å². The highest BCUT2D eigenvalue weighted by Crippen LogP contribution is 2.20. The first-order valence-corrected chi connectivity index (χ1v) is 7.05. The monoisotopic (exact) mass is 301 g/mol. The molecule has 0 aliphatic rings. The molecule has 0 spiro atoms. The van der Waals surface area contributed by atoms with Crippen molar-refractivity contribution in [2.45, 2.75) is 6.54 Å². The van der Waals surface area contributed by atoms with Crippen molar-refractivity contribution >= 4 is 17.0 Å². The van der Waals surface area contributed by atoms with Gasteiger partial charge in [-0.15, -0.1) is 0 Å². The molecule has 0 atom stereocenters. The smallest absolute Gasteiger partial charge is 0.130 e. The maximum Gasteiger partial charge on any atom is 0.130 e. The predicted octanol–water partition coefficient (Wildman–Crippen LogP) is 4.26. The number of aromatic nitrogens is 1. The van der Waals surface area contributed by atoms with Gasteiger partial charge in [-0.1, -0.05) is 24.3 Å². The van der Waals surface area contributed by atoms with E-state index in [1.807, 2.05) is 42.6 Å². The largest absolute Gasteiger partial charge is 0.343 e. The maximum absolute atomic E-state index is 13.0. The fraction of sp³-hybridized carbons (Fsp3) is 0.0526. The van der Waals surface area contributed by atoms with Gasteiger partial charge >= 0.3 is 0 Å². The van der Waals surface area contributed by atoms with E-state index in [1.54, 1.807) is 18.2 Å². The summed E-state index contributed by atoms with van der Waals surface area (Å²) in [6.07, 6.45) is 3.53. The minimum atomic E-state index is -0.251. The summed E-state index contributed by atoms with van der Waals surface area (Å²) in [7, 11) is 0. The molecule has 0 saturated heterocycles. The van der Waals surface area contributed by atoms with Crippen LogP contribution in [0.25, 0.3) is 17.0 Å². The van der Waals surface area contributed by atoms with E-state index in [4.69, 9.17) is 10.5 Å². The van der Waals surface area contributed by atoms with E-state index in [-0.39, 0.29) is 11.4 Å². The molecule has 4 heteroatoms. The molecule has 0 aliphatic carbocycles. The van der Waals surface area contributed by atoms with Gasteiger partial charge in [0, 0.05) is 18.3 Å². The molecule has 0 saturated carbocycles. The van der Waals surface area contributed by atoms with Crippen molar-refractivity contribution in [1.82, 2.24) is 4.57 Å². The van der Waals surface area contributed by atoms with Crippen LogP contribution in [0.15, 0.2) is 60.3 Å². The molecular formula is C19H12FN3. The molecule has 1 aromatic heterocycles. The Balaban J connectivity index is 1.99. The molecule has 23 heavy (non-hydrogen) atoms. The molecular weight excluding hydrogens is 289 g/mol. The molecule has 2 aromatic carbocycles. The molecule has 1 heterocycles. The zero-order valence-corrected chi connectivity index (χ0v) is 12.2. The summed E-state index contributed by atoms with van der Waals surface area (Å²) in [5.74, 6) is -0.251. The van der Waals surface area contributed by atoms with E-state index in [9.17, 15) is 4.39 Å². The number of allylic oxidation sites excluding steroid dienone is 1. The topological polar surface area (TPSA) is 52.5 Å². The van der Waals surface area contributed by atoms with E-state index in [0.717, 1.165) is 22.0 Å². The lowest BCUT2D eigenvalue weighted by Crippen LogP contribution is -1.98. The van der Waals surface area contributed by atoms with Crippen LogP contribution < -0.4 is 0 Å². The Morgan fingerprint density at radius 1 is 1.04 bits per heavy atom. The predicted molar refractivity (Wildman–Crippen MR) is 86.6 cm³/mol. The summed E-state index contributed by atoms with van der Waals surface area (Å²) in [6, 6.07) is 17.9. The summed E-state index contributed by atoms with van der Waals surface area (Å²) >= 11 is 0. The van der Waals surface area contributed by atoms with E-state index in [2.05, 4.69) is 4.57 Å². The van der Waals surface area contributed by atoms with Crippen LogP contribution in [0.5, 0.6) is 0 Å². The van der Waals surface area contributed by atoms with Crippen molar-refractivity contribution in [2.24, 2.45) is 0 Å². The third kappa shape index (κ3) is 3.12. The number of nitrogens with zero attached hydrogens (tertiary/aromatic N) is 3. The number of benzene rings is 2. The van der Waals surface area contributed by atoms with Gasteiger partial charge in [-0.05, 0) is 46.9 Å². The van der Waals surface area contributed by atoms with E-state index in [0.29, 0.717) is 6.54 Å². The lowest BCUT2D eigenvalue weighted by Gasteiger charge is -2.06. The number of fused-ring (bicyclic) bond motifs is 1. The molecule has 0 fully saturated rings. The lowest BCUT2D eigenvalue weighted by atomic mass is 10.1. The summed E-state index contributed by atoms with van der Waals surface area (Å²) < 4.78 is 15.0. The van der Waals surface area contributed by atoms with Crippen molar-refractivity contribution < 1.29 is 4.39 Å². The second-order valence-corrected chi connectivity index (χ2v) is 5.17. The SMILES string of the molecule is N#CC(C#N)=Cc1ccc2ccn(Cc3ccc(F)cc3)c2c1. The third-order valence-electron chi connectivity index (χ3n) is 3.62. The number of hydrogen-bond acceptors (Lipinski definition) is 2. The first-order valence-electron chi connectivity index (χ1n) is 7.05. The molecule has 0 amide bonds. The van der Waals surface area contributed by atoms with Crippen LogP contribution in [-0.2, 0) is 6.54 Å². The van der Waals surface area contributed by atoms with Gasteiger partial charge in [-0.2, -0.15) is 10.5 Å². The van der Waals surface area contributed by atoms with Crippen LogP contribution in [0.1, 0.15) is 11.1 Å². The molecule has 0 aliphatic heterocycles. The Morgan fingerprint density at radius 2 is 1.78 bits per heavy atom. The van der Waals surface area contributed by atoms with Gasteiger partial charge in [0.2, 0.25) is 0 Å². The van der Waals surface area contributed by atoms with E-state index >= 15 is 0 Å². The summed E-state index contributed by atoms with van der Waals surface area (Å²) in [5, 5.41) is 18.8. The Labute approximate surface area is 133 Å². The van der Waals surface area contributed by atoms with Crippen LogP contribution in [0.2, 0.25) is 0 Å². The average Bonchev–Trinajstić information content (AvgIpc) is 2.97. The van der Waals surface area contributed by atoms with Crippen molar-refractivity contribution in [2.75, 3.05) is 0 Å². The number of nitriles is 2. The van der Waals surface area contributed by atoms with Gasteiger partial charge in [0.1, 0.15) is 23.5 Å². The van der Waals surface area contributed by atoms with Crippen LogP contribution in [0, 0.1) is 28.5 Å². The molecule has 0 N–H and O–H groups in total. The summed E-state index contributed by atoms with van der Waals surface area (Å²) in [4.78, 5) is 0. The third-order valence-corrected chi connectivity index (χ3v) is 3.62. The minimum Gasteiger partial charge on any atom is -0.343 e. The van der Waals surface area contributed by atoms with Gasteiger partial charge < -0.3 is 4.57 Å². The molecule has 3 nitrogen and oxygen atoms in total. The normalized spacial score (nSPS) is 10.0. The average molecular weight is 301 g/mol.